The van der Waals surface area contributed by atoms with Gasteiger partial charge in [0.15, 0.2) is 0 Å². The average molecular weight is 314 g/mol. The molecule has 3 atom stereocenters. The third kappa shape index (κ3) is 3.46. The van der Waals surface area contributed by atoms with E-state index in [2.05, 4.69) is 40.7 Å². The summed E-state index contributed by atoms with van der Waals surface area (Å²) in [6.45, 7) is 7.57. The van der Waals surface area contributed by atoms with Crippen LogP contribution < -0.4 is 0 Å². The Morgan fingerprint density at radius 1 is 0.636 bits per heavy atom. The van der Waals surface area contributed by atoms with Crippen LogP contribution in [-0.2, 0) is 14.2 Å². The Hall–Kier alpha value is -0.280. The number of ether oxygens (including phenoxy) is 3. The van der Waals surface area contributed by atoms with Crippen LogP contribution in [-0.4, -0.2) is 119 Å². The van der Waals surface area contributed by atoms with Crippen LogP contribution >= 0.6 is 0 Å². The lowest BCUT2D eigenvalue weighted by atomic mass is 10.2. The topological polar surface area (TPSA) is 40.6 Å². The molecular formula is C15H30N4O3. The van der Waals surface area contributed by atoms with Crippen molar-refractivity contribution in [1.82, 2.24) is 19.6 Å². The fourth-order valence-corrected chi connectivity index (χ4v) is 3.56. The summed E-state index contributed by atoms with van der Waals surface area (Å²) in [4.78, 5) is 9.73. The van der Waals surface area contributed by atoms with Crippen LogP contribution in [0.1, 0.15) is 0 Å². The molecule has 0 aromatic heterocycles. The van der Waals surface area contributed by atoms with Crippen molar-refractivity contribution in [2.75, 3.05) is 80.4 Å². The number of hydrogen-bond donors (Lipinski definition) is 0. The molecule has 3 heterocycles. The minimum absolute atomic E-state index is 0.261. The molecule has 3 fully saturated rings. The molecule has 3 rings (SSSR count). The first kappa shape index (κ1) is 16.6. The van der Waals surface area contributed by atoms with Gasteiger partial charge in [-0.05, 0) is 21.1 Å². The summed E-state index contributed by atoms with van der Waals surface area (Å²) in [7, 11) is 6.56. The van der Waals surface area contributed by atoms with E-state index in [0.717, 1.165) is 59.3 Å². The Kier molecular flexibility index (Phi) is 5.67. The first-order chi connectivity index (χ1) is 10.7. The van der Waals surface area contributed by atoms with Crippen molar-refractivity contribution in [3.63, 3.8) is 0 Å². The minimum atomic E-state index is 0.261. The highest BCUT2D eigenvalue weighted by Gasteiger charge is 2.41. The van der Waals surface area contributed by atoms with Crippen molar-refractivity contribution in [2.24, 2.45) is 0 Å². The normalized spacial score (nSPS) is 36.8. The van der Waals surface area contributed by atoms with Gasteiger partial charge in [0, 0.05) is 19.6 Å². The molecule has 3 aliphatic rings. The van der Waals surface area contributed by atoms with E-state index in [1.807, 2.05) is 0 Å². The van der Waals surface area contributed by atoms with Crippen LogP contribution in [0, 0.1) is 0 Å². The molecule has 0 N–H and O–H groups in total. The van der Waals surface area contributed by atoms with Crippen molar-refractivity contribution in [1.29, 1.82) is 0 Å². The van der Waals surface area contributed by atoms with Crippen LogP contribution in [0.4, 0.5) is 0 Å². The number of morpholine rings is 3. The van der Waals surface area contributed by atoms with E-state index >= 15 is 0 Å². The predicted octanol–water partition coefficient (Wildman–Crippen LogP) is -0.847. The van der Waals surface area contributed by atoms with Crippen molar-refractivity contribution in [3.8, 4) is 0 Å². The first-order valence-electron chi connectivity index (χ1n) is 8.30. The molecule has 0 bridgehead atoms. The third-order valence-electron chi connectivity index (χ3n) is 5.12. The Labute approximate surface area is 133 Å². The lowest BCUT2D eigenvalue weighted by molar-refractivity contribution is -0.195. The van der Waals surface area contributed by atoms with Crippen LogP contribution in [0.25, 0.3) is 0 Å². The van der Waals surface area contributed by atoms with Gasteiger partial charge < -0.3 is 14.2 Å². The van der Waals surface area contributed by atoms with Gasteiger partial charge in [-0.15, -0.1) is 0 Å². The summed E-state index contributed by atoms with van der Waals surface area (Å²) in [5.74, 6) is 0. The summed E-state index contributed by atoms with van der Waals surface area (Å²) in [5, 5.41) is 0. The maximum absolute atomic E-state index is 5.78. The largest absolute Gasteiger partial charge is 0.377 e. The molecule has 22 heavy (non-hydrogen) atoms. The Balaban J connectivity index is 1.83. The lowest BCUT2D eigenvalue weighted by Gasteiger charge is -2.53. The zero-order valence-electron chi connectivity index (χ0n) is 14.1. The SMILES string of the molecule is CN1CCOCC1N(C1COCCN1C)C1COCCN1C. The highest BCUT2D eigenvalue weighted by Crippen LogP contribution is 2.23. The highest BCUT2D eigenvalue weighted by molar-refractivity contribution is 4.88. The quantitative estimate of drug-likeness (QED) is 0.672. The van der Waals surface area contributed by atoms with Crippen molar-refractivity contribution >= 4 is 0 Å². The van der Waals surface area contributed by atoms with E-state index in [9.17, 15) is 0 Å². The van der Waals surface area contributed by atoms with Crippen LogP contribution in [0.3, 0.4) is 0 Å². The number of nitrogens with zero attached hydrogens (tertiary/aromatic N) is 4. The molecule has 7 heteroatoms. The zero-order valence-corrected chi connectivity index (χ0v) is 14.1. The fourth-order valence-electron chi connectivity index (χ4n) is 3.56. The second-order valence-electron chi connectivity index (χ2n) is 6.56. The molecule has 0 spiro atoms. The standard InChI is InChI=1S/C15H30N4O3/c1-16-4-7-20-10-13(16)19(14-11-21-8-5-17(14)2)15-12-22-9-6-18(15)3/h13-15H,4-12H2,1-3H3. The van der Waals surface area contributed by atoms with E-state index in [-0.39, 0.29) is 18.5 Å². The van der Waals surface area contributed by atoms with Crippen LogP contribution in [0.2, 0.25) is 0 Å². The molecule has 0 aromatic rings. The first-order valence-corrected chi connectivity index (χ1v) is 8.30. The van der Waals surface area contributed by atoms with E-state index in [0.29, 0.717) is 0 Å². The maximum Gasteiger partial charge on any atom is 0.0889 e. The van der Waals surface area contributed by atoms with E-state index in [4.69, 9.17) is 14.2 Å². The minimum Gasteiger partial charge on any atom is -0.377 e. The molecule has 3 aliphatic heterocycles. The monoisotopic (exact) mass is 314 g/mol. The molecule has 3 saturated heterocycles. The van der Waals surface area contributed by atoms with Gasteiger partial charge in [0.1, 0.15) is 0 Å². The molecule has 0 aliphatic carbocycles. The van der Waals surface area contributed by atoms with Crippen LogP contribution in [0.15, 0.2) is 0 Å². The Bertz CT molecular complexity index is 307. The lowest BCUT2D eigenvalue weighted by Crippen LogP contribution is -2.70. The average Bonchev–Trinajstić information content (AvgIpc) is 2.53. The summed E-state index contributed by atoms with van der Waals surface area (Å²) < 4.78 is 17.4. The molecule has 3 unspecified atom stereocenters. The highest BCUT2D eigenvalue weighted by atomic mass is 16.5. The van der Waals surface area contributed by atoms with Gasteiger partial charge >= 0.3 is 0 Å². The second kappa shape index (κ2) is 7.53. The third-order valence-corrected chi connectivity index (χ3v) is 5.12. The zero-order chi connectivity index (χ0) is 15.5. The summed E-state index contributed by atoms with van der Waals surface area (Å²) >= 11 is 0. The molecule has 0 radical (unpaired) electrons. The smallest absolute Gasteiger partial charge is 0.0889 e. The number of likely N-dealkylation sites (N-methyl/N-ethyl adjacent to an activating group) is 3. The number of hydrogen-bond acceptors (Lipinski definition) is 7. The van der Waals surface area contributed by atoms with Crippen molar-refractivity contribution in [3.05, 3.63) is 0 Å². The van der Waals surface area contributed by atoms with E-state index in [1.165, 1.54) is 0 Å². The van der Waals surface area contributed by atoms with E-state index in [1.54, 1.807) is 0 Å². The van der Waals surface area contributed by atoms with Crippen LogP contribution in [0.5, 0.6) is 0 Å². The van der Waals surface area contributed by atoms with Gasteiger partial charge in [0.25, 0.3) is 0 Å². The molecule has 7 nitrogen and oxygen atoms in total. The fraction of sp³-hybridized carbons (Fsp3) is 1.00. The summed E-state index contributed by atoms with van der Waals surface area (Å²) in [6.07, 6.45) is 0.783. The van der Waals surface area contributed by atoms with Gasteiger partial charge in [-0.2, -0.15) is 0 Å². The predicted molar refractivity (Wildman–Crippen MR) is 83.6 cm³/mol. The Morgan fingerprint density at radius 3 is 1.23 bits per heavy atom. The van der Waals surface area contributed by atoms with Gasteiger partial charge in [-0.3, -0.25) is 14.7 Å². The Morgan fingerprint density at radius 2 is 0.955 bits per heavy atom. The van der Waals surface area contributed by atoms with Gasteiger partial charge in [0.05, 0.1) is 58.1 Å². The van der Waals surface area contributed by atoms with Crippen molar-refractivity contribution in [2.45, 2.75) is 18.5 Å². The summed E-state index contributed by atoms with van der Waals surface area (Å²) in [6, 6.07) is 0. The summed E-state index contributed by atoms with van der Waals surface area (Å²) in [5.41, 5.74) is 0. The molecule has 128 valence electrons. The van der Waals surface area contributed by atoms with Gasteiger partial charge in [-0.1, -0.05) is 0 Å². The second-order valence-corrected chi connectivity index (χ2v) is 6.56. The number of rotatable bonds is 3. The van der Waals surface area contributed by atoms with Gasteiger partial charge in [-0.25, -0.2) is 4.90 Å². The molecule has 0 saturated carbocycles. The van der Waals surface area contributed by atoms with Crippen molar-refractivity contribution < 1.29 is 14.2 Å². The molecular weight excluding hydrogens is 284 g/mol. The van der Waals surface area contributed by atoms with Gasteiger partial charge in [0.2, 0.25) is 0 Å². The maximum atomic E-state index is 5.78. The molecule has 0 aromatic carbocycles. The van der Waals surface area contributed by atoms with E-state index < -0.39 is 0 Å². The molecule has 0 amide bonds.